The summed E-state index contributed by atoms with van der Waals surface area (Å²) in [5.74, 6) is 0. The van der Waals surface area contributed by atoms with Crippen molar-refractivity contribution < 1.29 is 9.29 Å². The van der Waals surface area contributed by atoms with Gasteiger partial charge in [0.1, 0.15) is 6.26 Å². The van der Waals surface area contributed by atoms with Crippen LogP contribution in [-0.2, 0) is 22.5 Å². The molecule has 0 heterocycles. The fraction of sp³-hybridized carbons (Fsp3) is 0.200. The molecule has 2 nitrogen and oxygen atoms in total. The van der Waals surface area contributed by atoms with E-state index in [4.69, 9.17) is 16.3 Å². The highest BCUT2D eigenvalue weighted by molar-refractivity contribution is 7.90. The summed E-state index contributed by atoms with van der Waals surface area (Å²) in [4.78, 5) is 0.810. The molecule has 2 aromatic carbocycles. The first-order chi connectivity index (χ1) is 9.11. The van der Waals surface area contributed by atoms with E-state index in [-0.39, 0.29) is 0 Å². The van der Waals surface area contributed by atoms with Crippen LogP contribution in [0, 0.1) is 0 Å². The fourth-order valence-corrected chi connectivity index (χ4v) is 2.63. The van der Waals surface area contributed by atoms with Crippen molar-refractivity contribution in [3.8, 4) is 11.1 Å². The zero-order valence-electron chi connectivity index (χ0n) is 10.9. The van der Waals surface area contributed by atoms with Crippen LogP contribution in [0.15, 0.2) is 47.4 Å². The number of halogens is 1. The van der Waals surface area contributed by atoms with E-state index >= 15 is 0 Å². The molecule has 0 spiro atoms. The van der Waals surface area contributed by atoms with Crippen LogP contribution < -0.4 is 0 Å². The van der Waals surface area contributed by atoms with Crippen molar-refractivity contribution in [1.82, 2.24) is 0 Å². The minimum absolute atomic E-state index is 0.489. The lowest BCUT2D eigenvalue weighted by Crippen LogP contribution is -2.00. The van der Waals surface area contributed by atoms with Crippen molar-refractivity contribution in [2.24, 2.45) is 0 Å². The molecule has 1 unspecified atom stereocenters. The molecule has 0 fully saturated rings. The predicted molar refractivity (Wildman–Crippen MR) is 79.9 cm³/mol. The van der Waals surface area contributed by atoms with E-state index in [1.165, 1.54) is 0 Å². The molecule has 0 saturated heterocycles. The third-order valence-electron chi connectivity index (χ3n) is 2.86. The SMILES string of the molecule is COCc1cc([S+](C)[O-])ccc1-c1ccc(Cl)cc1. The lowest BCUT2D eigenvalue weighted by atomic mass is 10.0. The maximum atomic E-state index is 11.5. The maximum absolute atomic E-state index is 11.5. The summed E-state index contributed by atoms with van der Waals surface area (Å²) in [6.07, 6.45) is 1.67. The summed E-state index contributed by atoms with van der Waals surface area (Å²) in [6.45, 7) is 0.489. The van der Waals surface area contributed by atoms with Gasteiger partial charge in [-0.05, 0) is 58.2 Å². The molecular weight excluding hydrogens is 280 g/mol. The monoisotopic (exact) mass is 294 g/mol. The highest BCUT2D eigenvalue weighted by Crippen LogP contribution is 2.28. The molecule has 2 aromatic rings. The number of rotatable bonds is 4. The number of ether oxygens (including phenoxy) is 1. The van der Waals surface area contributed by atoms with Crippen LogP contribution in [0.5, 0.6) is 0 Å². The van der Waals surface area contributed by atoms with Gasteiger partial charge in [-0.3, -0.25) is 0 Å². The van der Waals surface area contributed by atoms with Gasteiger partial charge in [-0.15, -0.1) is 0 Å². The predicted octanol–water partition coefficient (Wildman–Crippen LogP) is 3.89. The van der Waals surface area contributed by atoms with Gasteiger partial charge in [0, 0.05) is 12.1 Å². The quantitative estimate of drug-likeness (QED) is 0.801. The average Bonchev–Trinajstić information content (AvgIpc) is 2.40. The van der Waals surface area contributed by atoms with Crippen molar-refractivity contribution in [3.63, 3.8) is 0 Å². The van der Waals surface area contributed by atoms with Gasteiger partial charge in [-0.25, -0.2) is 0 Å². The molecule has 2 rings (SSSR count). The zero-order valence-corrected chi connectivity index (χ0v) is 12.4. The molecule has 4 heteroatoms. The first-order valence-corrected chi connectivity index (χ1v) is 7.76. The standard InChI is InChI=1S/C15H15ClO2S/c1-18-10-12-9-14(19(2)17)7-8-15(12)11-3-5-13(16)6-4-11/h3-9H,10H2,1-2H3. The molecular formula is C15H15ClO2S. The van der Waals surface area contributed by atoms with Crippen LogP contribution in [0.2, 0.25) is 5.02 Å². The molecule has 0 aliphatic heterocycles. The van der Waals surface area contributed by atoms with Crippen LogP contribution in [0.4, 0.5) is 0 Å². The lowest BCUT2D eigenvalue weighted by Gasteiger charge is -2.12. The van der Waals surface area contributed by atoms with E-state index in [1.807, 2.05) is 42.5 Å². The second-order valence-corrected chi connectivity index (χ2v) is 6.03. The molecule has 0 N–H and O–H groups in total. The first-order valence-electron chi connectivity index (χ1n) is 5.83. The minimum Gasteiger partial charge on any atom is -0.612 e. The van der Waals surface area contributed by atoms with Gasteiger partial charge >= 0.3 is 0 Å². The zero-order chi connectivity index (χ0) is 13.8. The van der Waals surface area contributed by atoms with Crippen LogP contribution >= 0.6 is 11.6 Å². The van der Waals surface area contributed by atoms with E-state index in [9.17, 15) is 4.55 Å². The Kier molecular flexibility index (Phi) is 4.88. The third kappa shape index (κ3) is 3.51. The van der Waals surface area contributed by atoms with Gasteiger partial charge in [0.15, 0.2) is 4.90 Å². The summed E-state index contributed by atoms with van der Waals surface area (Å²) >= 11 is 4.91. The summed E-state index contributed by atoms with van der Waals surface area (Å²) in [5, 5.41) is 0.711. The van der Waals surface area contributed by atoms with Gasteiger partial charge in [-0.1, -0.05) is 23.7 Å². The van der Waals surface area contributed by atoms with Crippen LogP contribution in [0.1, 0.15) is 5.56 Å². The topological polar surface area (TPSA) is 32.3 Å². The number of benzene rings is 2. The van der Waals surface area contributed by atoms with Gasteiger partial charge in [0.05, 0.1) is 6.61 Å². The number of methoxy groups -OCH3 is 1. The molecule has 0 amide bonds. The van der Waals surface area contributed by atoms with Crippen molar-refractivity contribution in [3.05, 3.63) is 53.1 Å². The minimum atomic E-state index is -0.988. The van der Waals surface area contributed by atoms with Crippen molar-refractivity contribution in [2.45, 2.75) is 11.5 Å². The normalized spacial score (nSPS) is 12.4. The van der Waals surface area contributed by atoms with Crippen LogP contribution in [0.3, 0.4) is 0 Å². The molecule has 0 aliphatic rings. The molecule has 100 valence electrons. The van der Waals surface area contributed by atoms with E-state index < -0.39 is 11.2 Å². The molecule has 1 atom stereocenters. The van der Waals surface area contributed by atoms with Crippen LogP contribution in [0.25, 0.3) is 11.1 Å². The Hall–Kier alpha value is -1.00. The summed E-state index contributed by atoms with van der Waals surface area (Å²) < 4.78 is 16.8. The van der Waals surface area contributed by atoms with Gasteiger partial charge < -0.3 is 9.29 Å². The number of hydrogen-bond acceptors (Lipinski definition) is 2. The summed E-state index contributed by atoms with van der Waals surface area (Å²) in [5.41, 5.74) is 3.18. The van der Waals surface area contributed by atoms with Crippen molar-refractivity contribution in [2.75, 3.05) is 13.4 Å². The van der Waals surface area contributed by atoms with Crippen LogP contribution in [-0.4, -0.2) is 17.9 Å². The Bertz CT molecular complexity index is 553. The third-order valence-corrected chi connectivity index (χ3v) is 4.03. The Morgan fingerprint density at radius 3 is 2.42 bits per heavy atom. The molecule has 0 bridgehead atoms. The smallest absolute Gasteiger partial charge is 0.152 e. The van der Waals surface area contributed by atoms with E-state index in [0.717, 1.165) is 21.6 Å². The molecule has 0 saturated carbocycles. The van der Waals surface area contributed by atoms with E-state index in [2.05, 4.69) is 0 Å². The van der Waals surface area contributed by atoms with Gasteiger partial charge in [-0.2, -0.15) is 0 Å². The Labute approximate surface area is 121 Å². The maximum Gasteiger partial charge on any atom is 0.152 e. The van der Waals surface area contributed by atoms with E-state index in [0.29, 0.717) is 11.6 Å². The first kappa shape index (κ1) is 14.4. The molecule has 0 radical (unpaired) electrons. The second kappa shape index (κ2) is 6.44. The Balaban J connectivity index is 2.46. The Morgan fingerprint density at radius 2 is 1.84 bits per heavy atom. The average molecular weight is 295 g/mol. The van der Waals surface area contributed by atoms with E-state index in [1.54, 1.807) is 13.4 Å². The molecule has 0 aromatic heterocycles. The van der Waals surface area contributed by atoms with Gasteiger partial charge in [0.2, 0.25) is 0 Å². The van der Waals surface area contributed by atoms with Crippen molar-refractivity contribution in [1.29, 1.82) is 0 Å². The highest BCUT2D eigenvalue weighted by atomic mass is 35.5. The fourth-order valence-electron chi connectivity index (χ4n) is 1.93. The summed E-state index contributed by atoms with van der Waals surface area (Å²) in [7, 11) is 1.65. The largest absolute Gasteiger partial charge is 0.612 e. The van der Waals surface area contributed by atoms with Crippen molar-refractivity contribution >= 4 is 22.8 Å². The Morgan fingerprint density at radius 1 is 1.16 bits per heavy atom. The highest BCUT2D eigenvalue weighted by Gasteiger charge is 2.11. The lowest BCUT2D eigenvalue weighted by molar-refractivity contribution is 0.185. The molecule has 0 aliphatic carbocycles. The van der Waals surface area contributed by atoms with Gasteiger partial charge in [0.25, 0.3) is 0 Å². The second-order valence-electron chi connectivity index (χ2n) is 4.21. The molecule has 19 heavy (non-hydrogen) atoms. The number of hydrogen-bond donors (Lipinski definition) is 0. The summed E-state index contributed by atoms with van der Waals surface area (Å²) in [6, 6.07) is 13.5.